The Morgan fingerprint density at radius 2 is 1.49 bits per heavy atom. The van der Waals surface area contributed by atoms with Gasteiger partial charge in [-0.05, 0) is 41.3 Å². The van der Waals surface area contributed by atoms with Crippen LogP contribution in [0.2, 0.25) is 0 Å². The van der Waals surface area contributed by atoms with Crippen molar-refractivity contribution in [1.82, 2.24) is 14.7 Å². The van der Waals surface area contributed by atoms with Gasteiger partial charge in [0.2, 0.25) is 0 Å². The van der Waals surface area contributed by atoms with Crippen LogP contribution >= 0.6 is 0 Å². The third-order valence-electron chi connectivity index (χ3n) is 7.29. The molecule has 0 saturated carbocycles. The third-order valence-corrected chi connectivity index (χ3v) is 7.29. The van der Waals surface area contributed by atoms with Gasteiger partial charge in [0, 0.05) is 45.8 Å². The van der Waals surface area contributed by atoms with E-state index in [4.69, 9.17) is 4.42 Å². The zero-order chi connectivity index (χ0) is 26.9. The van der Waals surface area contributed by atoms with Crippen LogP contribution in [0.3, 0.4) is 0 Å². The minimum absolute atomic E-state index is 0.0192. The molecule has 0 spiro atoms. The summed E-state index contributed by atoms with van der Waals surface area (Å²) in [4.78, 5) is 19.9. The van der Waals surface area contributed by atoms with Crippen LogP contribution < -0.4 is 0 Å². The number of benzene rings is 3. The van der Waals surface area contributed by atoms with Gasteiger partial charge in [-0.1, -0.05) is 97.1 Å². The quantitative estimate of drug-likeness (QED) is 0.248. The second-order valence-electron chi connectivity index (χ2n) is 10.2. The van der Waals surface area contributed by atoms with Crippen molar-refractivity contribution in [3.8, 4) is 0 Å². The van der Waals surface area contributed by atoms with Crippen molar-refractivity contribution < 1.29 is 9.21 Å². The standard InChI is InChI=1S/C34H37N3O2/c1-28-11-8-9-17-31(28)26-36(25-30-14-6-3-7-15-30)27-32-18-19-33(39-32)34(38)37-23-21-35(22-24-37)20-10-16-29-12-4-2-5-13-29/h2-19H,20-27H2,1H3/b16-10+. The average Bonchev–Trinajstić information content (AvgIpc) is 3.44. The van der Waals surface area contributed by atoms with Gasteiger partial charge in [-0.15, -0.1) is 0 Å². The van der Waals surface area contributed by atoms with Crippen molar-refractivity contribution in [2.24, 2.45) is 0 Å². The van der Waals surface area contributed by atoms with Crippen LogP contribution in [-0.2, 0) is 19.6 Å². The Morgan fingerprint density at radius 1 is 0.795 bits per heavy atom. The lowest BCUT2D eigenvalue weighted by Crippen LogP contribution is -2.48. The molecule has 0 radical (unpaired) electrons. The maximum Gasteiger partial charge on any atom is 0.289 e. The Labute approximate surface area is 232 Å². The highest BCUT2D eigenvalue weighted by atomic mass is 16.4. The van der Waals surface area contributed by atoms with Crippen molar-refractivity contribution in [2.45, 2.75) is 26.6 Å². The van der Waals surface area contributed by atoms with Gasteiger partial charge in [0.1, 0.15) is 5.76 Å². The van der Waals surface area contributed by atoms with Gasteiger partial charge in [-0.3, -0.25) is 14.6 Å². The molecule has 39 heavy (non-hydrogen) atoms. The van der Waals surface area contributed by atoms with E-state index in [2.05, 4.69) is 102 Å². The van der Waals surface area contributed by atoms with E-state index in [0.29, 0.717) is 25.4 Å². The topological polar surface area (TPSA) is 39.9 Å². The molecule has 1 saturated heterocycles. The second-order valence-corrected chi connectivity index (χ2v) is 10.2. The lowest BCUT2D eigenvalue weighted by atomic mass is 10.1. The van der Waals surface area contributed by atoms with Crippen LogP contribution in [0.1, 0.15) is 38.6 Å². The fourth-order valence-electron chi connectivity index (χ4n) is 5.03. The first-order valence-electron chi connectivity index (χ1n) is 13.8. The number of piperazine rings is 1. The molecule has 5 heteroatoms. The molecule has 1 amide bonds. The predicted molar refractivity (Wildman–Crippen MR) is 157 cm³/mol. The Bertz CT molecular complexity index is 1360. The van der Waals surface area contributed by atoms with E-state index in [1.54, 1.807) is 0 Å². The minimum atomic E-state index is -0.0192. The summed E-state index contributed by atoms with van der Waals surface area (Å²) < 4.78 is 6.12. The lowest BCUT2D eigenvalue weighted by Gasteiger charge is -2.33. The summed E-state index contributed by atoms with van der Waals surface area (Å²) in [7, 11) is 0. The average molecular weight is 520 g/mol. The highest BCUT2D eigenvalue weighted by molar-refractivity contribution is 5.91. The Kier molecular flexibility index (Phi) is 9.05. The molecule has 5 rings (SSSR count). The normalized spacial score (nSPS) is 14.4. The molecule has 1 aromatic heterocycles. The second kappa shape index (κ2) is 13.2. The van der Waals surface area contributed by atoms with Gasteiger partial charge in [-0.25, -0.2) is 0 Å². The number of amides is 1. The SMILES string of the molecule is Cc1ccccc1CN(Cc1ccccc1)Cc1ccc(C(=O)N2CCN(C/C=C/c3ccccc3)CC2)o1. The first-order chi connectivity index (χ1) is 19.1. The van der Waals surface area contributed by atoms with E-state index < -0.39 is 0 Å². The summed E-state index contributed by atoms with van der Waals surface area (Å²) >= 11 is 0. The first-order valence-corrected chi connectivity index (χ1v) is 13.8. The molecule has 1 fully saturated rings. The van der Waals surface area contributed by atoms with E-state index in [-0.39, 0.29) is 5.91 Å². The Morgan fingerprint density at radius 3 is 2.23 bits per heavy atom. The van der Waals surface area contributed by atoms with Crippen LogP contribution in [0.15, 0.2) is 108 Å². The van der Waals surface area contributed by atoms with Gasteiger partial charge in [0.05, 0.1) is 6.54 Å². The van der Waals surface area contributed by atoms with Crippen LogP contribution in [0.5, 0.6) is 0 Å². The number of furan rings is 1. The van der Waals surface area contributed by atoms with E-state index >= 15 is 0 Å². The van der Waals surface area contributed by atoms with Gasteiger partial charge in [0.15, 0.2) is 5.76 Å². The van der Waals surface area contributed by atoms with Crippen molar-refractivity contribution in [3.63, 3.8) is 0 Å². The van der Waals surface area contributed by atoms with Crippen molar-refractivity contribution in [1.29, 1.82) is 0 Å². The molecule has 4 aromatic rings. The highest BCUT2D eigenvalue weighted by Crippen LogP contribution is 2.19. The number of aryl methyl sites for hydroxylation is 1. The summed E-state index contributed by atoms with van der Waals surface area (Å²) in [5.41, 5.74) is 5.04. The maximum atomic E-state index is 13.2. The summed E-state index contributed by atoms with van der Waals surface area (Å²) in [6, 6.07) is 33.1. The first kappa shape index (κ1) is 26.7. The molecular formula is C34H37N3O2. The third kappa shape index (κ3) is 7.56. The number of hydrogen-bond donors (Lipinski definition) is 0. The zero-order valence-corrected chi connectivity index (χ0v) is 22.7. The maximum absolute atomic E-state index is 13.2. The molecule has 0 atom stereocenters. The summed E-state index contributed by atoms with van der Waals surface area (Å²) in [6.45, 7) is 8.44. The summed E-state index contributed by atoms with van der Waals surface area (Å²) in [5, 5.41) is 0. The number of carbonyl (C=O) groups excluding carboxylic acids is 1. The van der Waals surface area contributed by atoms with Crippen LogP contribution in [0.4, 0.5) is 0 Å². The largest absolute Gasteiger partial charge is 0.455 e. The number of carbonyl (C=O) groups is 1. The fraction of sp³-hybridized carbons (Fsp3) is 0.265. The predicted octanol–water partition coefficient (Wildman–Crippen LogP) is 6.26. The van der Waals surface area contributed by atoms with Gasteiger partial charge in [-0.2, -0.15) is 0 Å². The van der Waals surface area contributed by atoms with Gasteiger partial charge in [0.25, 0.3) is 5.91 Å². The van der Waals surface area contributed by atoms with Crippen molar-refractivity contribution in [2.75, 3.05) is 32.7 Å². The zero-order valence-electron chi connectivity index (χ0n) is 22.7. The lowest BCUT2D eigenvalue weighted by molar-refractivity contribution is 0.0615. The van der Waals surface area contributed by atoms with E-state index in [0.717, 1.165) is 38.5 Å². The highest BCUT2D eigenvalue weighted by Gasteiger charge is 2.24. The van der Waals surface area contributed by atoms with Gasteiger partial charge >= 0.3 is 0 Å². The number of hydrogen-bond acceptors (Lipinski definition) is 4. The van der Waals surface area contributed by atoms with E-state index in [1.807, 2.05) is 29.2 Å². The van der Waals surface area contributed by atoms with Crippen LogP contribution in [0.25, 0.3) is 6.08 Å². The van der Waals surface area contributed by atoms with Crippen molar-refractivity contribution >= 4 is 12.0 Å². The molecule has 0 aliphatic carbocycles. The number of nitrogens with zero attached hydrogens (tertiary/aromatic N) is 3. The van der Waals surface area contributed by atoms with Crippen LogP contribution in [-0.4, -0.2) is 53.3 Å². The molecular weight excluding hydrogens is 482 g/mol. The molecule has 3 aromatic carbocycles. The summed E-state index contributed by atoms with van der Waals surface area (Å²) in [5.74, 6) is 1.22. The molecule has 0 bridgehead atoms. The number of rotatable bonds is 10. The molecule has 0 N–H and O–H groups in total. The Hall–Kier alpha value is -3.93. The van der Waals surface area contributed by atoms with Crippen molar-refractivity contribution in [3.05, 3.63) is 137 Å². The summed E-state index contributed by atoms with van der Waals surface area (Å²) in [6.07, 6.45) is 4.35. The fourth-order valence-corrected chi connectivity index (χ4v) is 5.03. The Balaban J connectivity index is 1.17. The molecule has 2 heterocycles. The van der Waals surface area contributed by atoms with E-state index in [1.165, 1.54) is 22.3 Å². The molecule has 1 aliphatic rings. The molecule has 0 unspecified atom stereocenters. The van der Waals surface area contributed by atoms with Crippen LogP contribution in [0, 0.1) is 6.92 Å². The minimum Gasteiger partial charge on any atom is -0.455 e. The molecule has 5 nitrogen and oxygen atoms in total. The van der Waals surface area contributed by atoms with E-state index in [9.17, 15) is 4.79 Å². The molecule has 1 aliphatic heterocycles. The monoisotopic (exact) mass is 519 g/mol. The molecule has 200 valence electrons. The van der Waals surface area contributed by atoms with Gasteiger partial charge < -0.3 is 9.32 Å². The smallest absolute Gasteiger partial charge is 0.289 e.